The number of hydrogen-bond acceptors (Lipinski definition) is 4. The van der Waals surface area contributed by atoms with E-state index in [9.17, 15) is 0 Å². The Hall–Kier alpha value is -1.59. The van der Waals surface area contributed by atoms with Crippen molar-refractivity contribution in [2.24, 2.45) is 7.05 Å². The predicted octanol–water partition coefficient (Wildman–Crippen LogP) is 3.34. The van der Waals surface area contributed by atoms with E-state index >= 15 is 0 Å². The first-order chi connectivity index (χ1) is 9.22. The SMILES string of the molecule is Cn1ccc(CCNc2nc3cccc(Cl)c3s2)n1. The molecule has 0 spiro atoms. The second-order valence-corrected chi connectivity index (χ2v) is 5.67. The molecule has 0 aliphatic rings. The van der Waals surface area contributed by atoms with Crippen molar-refractivity contribution in [3.8, 4) is 0 Å². The molecule has 0 bridgehead atoms. The Bertz CT molecular complexity index is 704. The molecule has 1 N–H and O–H groups in total. The number of aryl methyl sites for hydroxylation is 1. The van der Waals surface area contributed by atoms with Crippen molar-refractivity contribution in [1.29, 1.82) is 0 Å². The van der Waals surface area contributed by atoms with Crippen LogP contribution < -0.4 is 5.32 Å². The standard InChI is InChI=1S/C13H13ClN4S/c1-18-8-6-9(17-18)5-7-15-13-16-11-4-2-3-10(14)12(11)19-13/h2-4,6,8H,5,7H2,1H3,(H,15,16). The zero-order chi connectivity index (χ0) is 13.2. The Balaban J connectivity index is 1.67. The summed E-state index contributed by atoms with van der Waals surface area (Å²) >= 11 is 7.72. The van der Waals surface area contributed by atoms with E-state index in [0.717, 1.165) is 39.0 Å². The van der Waals surface area contributed by atoms with Crippen LogP contribution in [-0.2, 0) is 13.5 Å². The topological polar surface area (TPSA) is 42.7 Å². The highest BCUT2D eigenvalue weighted by atomic mass is 35.5. The predicted molar refractivity (Wildman–Crippen MR) is 80.0 cm³/mol. The van der Waals surface area contributed by atoms with Gasteiger partial charge in [0.15, 0.2) is 5.13 Å². The number of thiazole rings is 1. The smallest absolute Gasteiger partial charge is 0.183 e. The summed E-state index contributed by atoms with van der Waals surface area (Å²) in [5.74, 6) is 0. The van der Waals surface area contributed by atoms with E-state index in [1.54, 1.807) is 11.3 Å². The molecular formula is C13H13ClN4S. The third-order valence-electron chi connectivity index (χ3n) is 2.79. The van der Waals surface area contributed by atoms with Crippen LogP contribution in [0.25, 0.3) is 10.2 Å². The van der Waals surface area contributed by atoms with Crippen LogP contribution in [-0.4, -0.2) is 21.3 Å². The second-order valence-electron chi connectivity index (χ2n) is 4.26. The fourth-order valence-electron chi connectivity index (χ4n) is 1.89. The summed E-state index contributed by atoms with van der Waals surface area (Å²) in [5, 5.41) is 9.31. The summed E-state index contributed by atoms with van der Waals surface area (Å²) < 4.78 is 2.84. The van der Waals surface area contributed by atoms with Gasteiger partial charge in [-0.3, -0.25) is 4.68 Å². The molecule has 0 amide bonds. The third-order valence-corrected chi connectivity index (χ3v) is 4.28. The van der Waals surface area contributed by atoms with E-state index in [4.69, 9.17) is 11.6 Å². The van der Waals surface area contributed by atoms with Crippen molar-refractivity contribution < 1.29 is 0 Å². The molecule has 0 saturated carbocycles. The number of nitrogens with one attached hydrogen (secondary N) is 1. The second kappa shape index (κ2) is 5.19. The van der Waals surface area contributed by atoms with E-state index in [-0.39, 0.29) is 0 Å². The fourth-order valence-corrected chi connectivity index (χ4v) is 3.07. The number of fused-ring (bicyclic) bond motifs is 1. The number of benzene rings is 1. The van der Waals surface area contributed by atoms with Gasteiger partial charge in [-0.2, -0.15) is 5.10 Å². The molecule has 4 nitrogen and oxygen atoms in total. The fraction of sp³-hybridized carbons (Fsp3) is 0.231. The van der Waals surface area contributed by atoms with Crippen molar-refractivity contribution in [3.05, 3.63) is 41.2 Å². The Kier molecular flexibility index (Phi) is 3.40. The van der Waals surface area contributed by atoms with Crippen LogP contribution in [0.1, 0.15) is 5.69 Å². The lowest BCUT2D eigenvalue weighted by Gasteiger charge is -1.99. The molecule has 0 saturated heterocycles. The van der Waals surface area contributed by atoms with Crippen molar-refractivity contribution in [3.63, 3.8) is 0 Å². The quantitative estimate of drug-likeness (QED) is 0.802. The largest absolute Gasteiger partial charge is 0.361 e. The molecule has 0 radical (unpaired) electrons. The zero-order valence-electron chi connectivity index (χ0n) is 10.4. The maximum absolute atomic E-state index is 6.13. The molecule has 0 aliphatic heterocycles. The average molecular weight is 293 g/mol. The van der Waals surface area contributed by atoms with Crippen molar-refractivity contribution in [2.45, 2.75) is 6.42 Å². The summed E-state index contributed by atoms with van der Waals surface area (Å²) in [6.07, 6.45) is 2.83. The van der Waals surface area contributed by atoms with Gasteiger partial charge in [-0.1, -0.05) is 29.0 Å². The molecule has 0 aliphatic carbocycles. The number of hydrogen-bond donors (Lipinski definition) is 1. The summed E-state index contributed by atoms with van der Waals surface area (Å²) in [5.41, 5.74) is 2.02. The van der Waals surface area contributed by atoms with Gasteiger partial charge in [0.05, 0.1) is 20.9 Å². The van der Waals surface area contributed by atoms with Crippen molar-refractivity contribution in [1.82, 2.24) is 14.8 Å². The lowest BCUT2D eigenvalue weighted by molar-refractivity contribution is 0.742. The van der Waals surface area contributed by atoms with E-state index in [2.05, 4.69) is 15.4 Å². The molecule has 3 rings (SSSR count). The summed E-state index contributed by atoms with van der Waals surface area (Å²) in [4.78, 5) is 4.51. The van der Waals surface area contributed by atoms with Gasteiger partial charge in [0.25, 0.3) is 0 Å². The van der Waals surface area contributed by atoms with Crippen LogP contribution in [0.5, 0.6) is 0 Å². The maximum Gasteiger partial charge on any atom is 0.183 e. The summed E-state index contributed by atoms with van der Waals surface area (Å²) in [6, 6.07) is 7.81. The van der Waals surface area contributed by atoms with Gasteiger partial charge >= 0.3 is 0 Å². The molecule has 0 unspecified atom stereocenters. The average Bonchev–Trinajstić information content (AvgIpc) is 2.97. The van der Waals surface area contributed by atoms with E-state index in [1.165, 1.54) is 0 Å². The molecule has 0 fully saturated rings. The van der Waals surface area contributed by atoms with Gasteiger partial charge in [0, 0.05) is 26.2 Å². The van der Waals surface area contributed by atoms with Gasteiger partial charge in [0.1, 0.15) is 0 Å². The molecule has 1 aromatic carbocycles. The van der Waals surface area contributed by atoms with E-state index in [0.29, 0.717) is 0 Å². The highest BCUT2D eigenvalue weighted by Crippen LogP contribution is 2.31. The first-order valence-corrected chi connectivity index (χ1v) is 7.19. The van der Waals surface area contributed by atoms with Gasteiger partial charge < -0.3 is 5.32 Å². The van der Waals surface area contributed by atoms with Gasteiger partial charge in [-0.25, -0.2) is 4.98 Å². The van der Waals surface area contributed by atoms with Crippen molar-refractivity contribution in [2.75, 3.05) is 11.9 Å². The third kappa shape index (κ3) is 2.72. The molecule has 2 heterocycles. The first-order valence-electron chi connectivity index (χ1n) is 6.00. The molecule has 0 atom stereocenters. The summed E-state index contributed by atoms with van der Waals surface area (Å²) in [6.45, 7) is 0.814. The normalized spacial score (nSPS) is 11.1. The van der Waals surface area contributed by atoms with E-state index in [1.807, 2.05) is 42.2 Å². The van der Waals surface area contributed by atoms with Crippen LogP contribution >= 0.6 is 22.9 Å². The van der Waals surface area contributed by atoms with Crippen molar-refractivity contribution >= 4 is 38.3 Å². The van der Waals surface area contributed by atoms with Crippen LogP contribution in [0.15, 0.2) is 30.5 Å². The highest BCUT2D eigenvalue weighted by molar-refractivity contribution is 7.22. The molecular weight excluding hydrogens is 280 g/mol. The first kappa shape index (κ1) is 12.4. The number of rotatable bonds is 4. The minimum atomic E-state index is 0.757. The minimum absolute atomic E-state index is 0.757. The molecule has 6 heteroatoms. The number of halogens is 1. The Morgan fingerprint density at radius 2 is 2.26 bits per heavy atom. The van der Waals surface area contributed by atoms with Crippen LogP contribution in [0.4, 0.5) is 5.13 Å². The van der Waals surface area contributed by atoms with Gasteiger partial charge in [-0.15, -0.1) is 0 Å². The molecule has 19 heavy (non-hydrogen) atoms. The van der Waals surface area contributed by atoms with E-state index < -0.39 is 0 Å². The lowest BCUT2D eigenvalue weighted by Crippen LogP contribution is -2.05. The Labute approximate surface area is 120 Å². The number of anilines is 1. The van der Waals surface area contributed by atoms with Crippen LogP contribution in [0.3, 0.4) is 0 Å². The minimum Gasteiger partial charge on any atom is -0.361 e. The zero-order valence-corrected chi connectivity index (χ0v) is 12.0. The van der Waals surface area contributed by atoms with Crippen LogP contribution in [0.2, 0.25) is 5.02 Å². The van der Waals surface area contributed by atoms with Crippen LogP contribution in [0, 0.1) is 0 Å². The summed E-state index contributed by atoms with van der Waals surface area (Å²) in [7, 11) is 1.92. The Morgan fingerprint density at radius 3 is 3.00 bits per heavy atom. The molecule has 3 aromatic rings. The number of aromatic nitrogens is 3. The monoisotopic (exact) mass is 292 g/mol. The number of nitrogens with zero attached hydrogens (tertiary/aromatic N) is 3. The van der Waals surface area contributed by atoms with Gasteiger partial charge in [0.2, 0.25) is 0 Å². The molecule has 2 aromatic heterocycles. The lowest BCUT2D eigenvalue weighted by atomic mass is 10.3. The maximum atomic E-state index is 6.13. The Morgan fingerprint density at radius 1 is 1.37 bits per heavy atom. The molecule has 98 valence electrons. The van der Waals surface area contributed by atoms with Gasteiger partial charge in [-0.05, 0) is 18.2 Å². The highest BCUT2D eigenvalue weighted by Gasteiger charge is 2.06.